The van der Waals surface area contributed by atoms with Crippen LogP contribution in [0.3, 0.4) is 0 Å². The number of anilines is 3. The standard InChI is InChI=1S/C19H19ClFN5O2S2/c1-25(2)14-4-3-13-10-26(6-5-12(13)7-14)17-9-16(21)18(8-15(17)20)30(27,28)24-19-23-22-11-29-19/h3-4,7-9,11H,5-6,10H2,1-2H3,(H,23,24). The summed E-state index contributed by atoms with van der Waals surface area (Å²) in [5.41, 5.74) is 5.35. The number of hydrogen-bond acceptors (Lipinski definition) is 7. The quantitative estimate of drug-likeness (QED) is 0.615. The second kappa shape index (κ2) is 8.01. The lowest BCUT2D eigenvalue weighted by Gasteiger charge is -2.32. The maximum atomic E-state index is 14.8. The number of nitrogens with zero attached hydrogens (tertiary/aromatic N) is 4. The third-order valence-electron chi connectivity index (χ3n) is 4.93. The highest BCUT2D eigenvalue weighted by Crippen LogP contribution is 2.35. The molecule has 0 unspecified atom stereocenters. The van der Waals surface area contributed by atoms with Gasteiger partial charge < -0.3 is 9.80 Å². The summed E-state index contributed by atoms with van der Waals surface area (Å²) >= 11 is 7.38. The smallest absolute Gasteiger partial charge is 0.266 e. The molecule has 0 fully saturated rings. The molecule has 3 aromatic rings. The van der Waals surface area contributed by atoms with Gasteiger partial charge >= 0.3 is 0 Å². The minimum atomic E-state index is -4.17. The lowest BCUT2D eigenvalue weighted by atomic mass is 9.98. The van der Waals surface area contributed by atoms with Gasteiger partial charge in [-0.2, -0.15) is 0 Å². The fourth-order valence-electron chi connectivity index (χ4n) is 3.38. The van der Waals surface area contributed by atoms with Crippen molar-refractivity contribution in [2.45, 2.75) is 17.9 Å². The molecule has 0 atom stereocenters. The van der Waals surface area contributed by atoms with E-state index in [0.29, 0.717) is 18.8 Å². The van der Waals surface area contributed by atoms with Crippen LogP contribution >= 0.6 is 22.9 Å². The zero-order valence-corrected chi connectivity index (χ0v) is 18.7. The molecule has 0 radical (unpaired) electrons. The molecule has 0 aliphatic carbocycles. The maximum Gasteiger partial charge on any atom is 0.266 e. The average molecular weight is 468 g/mol. The molecule has 0 amide bonds. The lowest BCUT2D eigenvalue weighted by Crippen LogP contribution is -2.31. The van der Waals surface area contributed by atoms with Gasteiger partial charge in [-0.3, -0.25) is 4.72 Å². The number of nitrogens with one attached hydrogen (secondary N) is 1. The predicted octanol–water partition coefficient (Wildman–Crippen LogP) is 3.76. The van der Waals surface area contributed by atoms with Crippen molar-refractivity contribution in [3.8, 4) is 0 Å². The molecular formula is C19H19ClFN5O2S2. The van der Waals surface area contributed by atoms with Crippen LogP contribution in [0, 0.1) is 5.82 Å². The maximum absolute atomic E-state index is 14.8. The highest BCUT2D eigenvalue weighted by molar-refractivity contribution is 7.93. The Kier molecular flexibility index (Phi) is 5.56. The highest BCUT2D eigenvalue weighted by atomic mass is 35.5. The molecule has 2 aromatic carbocycles. The van der Waals surface area contributed by atoms with E-state index >= 15 is 0 Å². The molecule has 0 saturated heterocycles. The fraction of sp³-hybridized carbons (Fsp3) is 0.263. The first-order valence-electron chi connectivity index (χ1n) is 9.07. The molecule has 1 aliphatic rings. The predicted molar refractivity (Wildman–Crippen MR) is 118 cm³/mol. The Morgan fingerprint density at radius 2 is 2.03 bits per heavy atom. The van der Waals surface area contributed by atoms with Gasteiger partial charge in [0, 0.05) is 38.9 Å². The summed E-state index contributed by atoms with van der Waals surface area (Å²) in [6.45, 7) is 1.22. The van der Waals surface area contributed by atoms with E-state index in [4.69, 9.17) is 11.6 Å². The monoisotopic (exact) mass is 467 g/mol. The summed E-state index contributed by atoms with van der Waals surface area (Å²) < 4.78 is 42.1. The Hall–Kier alpha value is -2.43. The summed E-state index contributed by atoms with van der Waals surface area (Å²) in [6.07, 6.45) is 0.785. The van der Waals surface area contributed by atoms with Crippen molar-refractivity contribution in [1.29, 1.82) is 0 Å². The Morgan fingerprint density at radius 3 is 2.73 bits per heavy atom. The molecule has 7 nitrogen and oxygen atoms in total. The molecule has 4 rings (SSSR count). The molecule has 0 bridgehead atoms. The number of rotatable bonds is 5. The van der Waals surface area contributed by atoms with Crippen LogP contribution < -0.4 is 14.5 Å². The van der Waals surface area contributed by atoms with Gasteiger partial charge in [0.25, 0.3) is 10.0 Å². The first-order chi connectivity index (χ1) is 14.2. The number of sulfonamides is 1. The van der Waals surface area contributed by atoms with E-state index in [2.05, 4.69) is 27.1 Å². The van der Waals surface area contributed by atoms with Crippen molar-refractivity contribution in [2.24, 2.45) is 0 Å². The molecule has 30 heavy (non-hydrogen) atoms. The molecule has 1 N–H and O–H groups in total. The molecule has 11 heteroatoms. The van der Waals surface area contributed by atoms with Crippen molar-refractivity contribution >= 4 is 49.5 Å². The van der Waals surface area contributed by atoms with Gasteiger partial charge in [-0.1, -0.05) is 29.0 Å². The summed E-state index contributed by atoms with van der Waals surface area (Å²) in [5.74, 6) is -0.875. The molecular weight excluding hydrogens is 449 g/mol. The summed E-state index contributed by atoms with van der Waals surface area (Å²) in [7, 11) is -0.180. The van der Waals surface area contributed by atoms with Crippen LogP contribution in [-0.4, -0.2) is 39.3 Å². The minimum Gasteiger partial charge on any atom is -0.378 e. The summed E-state index contributed by atoms with van der Waals surface area (Å²) in [5, 5.41) is 7.40. The number of fused-ring (bicyclic) bond motifs is 1. The van der Waals surface area contributed by atoms with Crippen LogP contribution in [0.2, 0.25) is 5.02 Å². The van der Waals surface area contributed by atoms with E-state index in [1.54, 1.807) is 0 Å². The Bertz CT molecular complexity index is 1190. The Morgan fingerprint density at radius 1 is 1.23 bits per heavy atom. The van der Waals surface area contributed by atoms with Crippen LogP contribution in [0.1, 0.15) is 11.1 Å². The minimum absolute atomic E-state index is 0.0549. The van der Waals surface area contributed by atoms with Crippen molar-refractivity contribution in [1.82, 2.24) is 10.2 Å². The number of halogens is 2. The number of hydrogen-bond donors (Lipinski definition) is 1. The van der Waals surface area contributed by atoms with E-state index in [9.17, 15) is 12.8 Å². The van der Waals surface area contributed by atoms with Gasteiger partial charge in [-0.25, -0.2) is 12.8 Å². The van der Waals surface area contributed by atoms with E-state index in [0.717, 1.165) is 35.1 Å². The van der Waals surface area contributed by atoms with Crippen LogP contribution in [-0.2, 0) is 23.0 Å². The number of benzene rings is 2. The SMILES string of the molecule is CN(C)c1ccc2c(c1)CCN(c1cc(F)c(S(=O)(=O)Nc3nncs3)cc1Cl)C2. The van der Waals surface area contributed by atoms with Gasteiger partial charge in [-0.05, 0) is 35.7 Å². The Balaban J connectivity index is 1.61. The topological polar surface area (TPSA) is 78.4 Å². The third-order valence-corrected chi connectivity index (χ3v) is 7.32. The van der Waals surface area contributed by atoms with E-state index in [1.807, 2.05) is 30.0 Å². The van der Waals surface area contributed by atoms with Gasteiger partial charge in [0.2, 0.25) is 5.13 Å². The van der Waals surface area contributed by atoms with Crippen LogP contribution in [0.4, 0.5) is 20.9 Å². The zero-order valence-electron chi connectivity index (χ0n) is 16.3. The van der Waals surface area contributed by atoms with Crippen molar-refractivity contribution < 1.29 is 12.8 Å². The third kappa shape index (κ3) is 4.07. The van der Waals surface area contributed by atoms with E-state index < -0.39 is 20.7 Å². The average Bonchev–Trinajstić information content (AvgIpc) is 3.20. The summed E-state index contributed by atoms with van der Waals surface area (Å²) in [6, 6.07) is 8.57. The number of aromatic nitrogens is 2. The van der Waals surface area contributed by atoms with Crippen molar-refractivity contribution in [3.63, 3.8) is 0 Å². The van der Waals surface area contributed by atoms with Crippen molar-refractivity contribution in [2.75, 3.05) is 35.2 Å². The van der Waals surface area contributed by atoms with E-state index in [1.165, 1.54) is 17.1 Å². The van der Waals surface area contributed by atoms with Gasteiger partial charge in [0.1, 0.15) is 16.2 Å². The van der Waals surface area contributed by atoms with E-state index in [-0.39, 0.29) is 10.2 Å². The second-order valence-electron chi connectivity index (χ2n) is 7.10. The largest absolute Gasteiger partial charge is 0.378 e. The fourth-order valence-corrected chi connectivity index (χ4v) is 5.50. The van der Waals surface area contributed by atoms with Gasteiger partial charge in [0.05, 0.1) is 10.7 Å². The molecule has 0 saturated carbocycles. The van der Waals surface area contributed by atoms with Gasteiger partial charge in [-0.15, -0.1) is 10.2 Å². The molecule has 2 heterocycles. The lowest BCUT2D eigenvalue weighted by molar-refractivity contribution is 0.569. The van der Waals surface area contributed by atoms with Crippen LogP contribution in [0.25, 0.3) is 0 Å². The molecule has 1 aliphatic heterocycles. The Labute approximate surface area is 183 Å². The summed E-state index contributed by atoms with van der Waals surface area (Å²) in [4.78, 5) is 3.48. The van der Waals surface area contributed by atoms with Crippen LogP contribution in [0.15, 0.2) is 40.7 Å². The second-order valence-corrected chi connectivity index (χ2v) is 9.99. The first kappa shape index (κ1) is 20.8. The first-order valence-corrected chi connectivity index (χ1v) is 11.8. The van der Waals surface area contributed by atoms with Crippen LogP contribution in [0.5, 0.6) is 0 Å². The molecule has 158 valence electrons. The normalized spacial score (nSPS) is 13.8. The van der Waals surface area contributed by atoms with Gasteiger partial charge in [0.15, 0.2) is 0 Å². The molecule has 0 spiro atoms. The van der Waals surface area contributed by atoms with Crippen molar-refractivity contribution in [3.05, 3.63) is 57.8 Å². The molecule has 1 aromatic heterocycles. The zero-order chi connectivity index (χ0) is 21.5. The highest BCUT2D eigenvalue weighted by Gasteiger charge is 2.25.